The van der Waals surface area contributed by atoms with Crippen LogP contribution in [0.5, 0.6) is 0 Å². The molecule has 0 aliphatic carbocycles. The molecule has 0 aliphatic rings. The van der Waals surface area contributed by atoms with Crippen molar-refractivity contribution in [2.24, 2.45) is 0 Å². The largest absolute Gasteiger partial charge is 0.468 e. The zero-order chi connectivity index (χ0) is 17.8. The summed E-state index contributed by atoms with van der Waals surface area (Å²) in [6, 6.07) is 13.0. The maximum atomic E-state index is 12.5. The Kier molecular flexibility index (Phi) is 4.65. The number of esters is 1. The number of nitrogens with zero attached hydrogens (tertiary/aromatic N) is 2. The van der Waals surface area contributed by atoms with Gasteiger partial charge in [0.25, 0.3) is 5.91 Å². The van der Waals surface area contributed by atoms with Gasteiger partial charge >= 0.3 is 5.97 Å². The molecular formula is C18H17N3O4. The van der Waals surface area contributed by atoms with Gasteiger partial charge in [-0.25, -0.2) is 4.68 Å². The van der Waals surface area contributed by atoms with Crippen LogP contribution in [-0.2, 0) is 9.53 Å². The lowest BCUT2D eigenvalue weighted by atomic mass is 10.2. The summed E-state index contributed by atoms with van der Waals surface area (Å²) in [5.74, 6) is 0.233. The smallest absolute Gasteiger partial charge is 0.325 e. The van der Waals surface area contributed by atoms with Gasteiger partial charge in [0.1, 0.15) is 18.0 Å². The molecule has 0 unspecified atom stereocenters. The van der Waals surface area contributed by atoms with E-state index in [-0.39, 0.29) is 6.54 Å². The van der Waals surface area contributed by atoms with Crippen LogP contribution in [0, 0.1) is 6.92 Å². The molecule has 0 saturated carbocycles. The first kappa shape index (κ1) is 16.5. The molecular weight excluding hydrogens is 322 g/mol. The number of aromatic nitrogens is 2. The molecule has 0 atom stereocenters. The van der Waals surface area contributed by atoms with Crippen molar-refractivity contribution in [2.45, 2.75) is 6.92 Å². The van der Waals surface area contributed by atoms with E-state index in [1.54, 1.807) is 23.0 Å². The van der Waals surface area contributed by atoms with Crippen molar-refractivity contribution >= 4 is 11.9 Å². The predicted octanol–water partition coefficient (Wildman–Crippen LogP) is 2.34. The lowest BCUT2D eigenvalue weighted by molar-refractivity contribution is -0.139. The Morgan fingerprint density at radius 2 is 1.96 bits per heavy atom. The van der Waals surface area contributed by atoms with E-state index in [1.165, 1.54) is 7.11 Å². The molecule has 128 valence electrons. The zero-order valence-electron chi connectivity index (χ0n) is 13.9. The first-order valence-corrected chi connectivity index (χ1v) is 7.65. The molecule has 0 radical (unpaired) electrons. The van der Waals surface area contributed by atoms with Crippen LogP contribution in [0.15, 0.2) is 53.1 Å². The number of aryl methyl sites for hydroxylation is 1. The summed E-state index contributed by atoms with van der Waals surface area (Å²) in [5.41, 5.74) is 1.51. The number of ether oxygens (including phenoxy) is 1. The van der Waals surface area contributed by atoms with Gasteiger partial charge in [-0.15, -0.1) is 0 Å². The molecule has 0 spiro atoms. The van der Waals surface area contributed by atoms with Gasteiger partial charge in [0, 0.05) is 6.20 Å². The maximum absolute atomic E-state index is 12.5. The van der Waals surface area contributed by atoms with Gasteiger partial charge in [0.05, 0.1) is 18.4 Å². The topological polar surface area (TPSA) is 86.4 Å². The number of furan rings is 1. The fourth-order valence-corrected chi connectivity index (χ4v) is 2.32. The minimum atomic E-state index is -0.529. The van der Waals surface area contributed by atoms with Crippen LogP contribution in [-0.4, -0.2) is 35.3 Å². The fraction of sp³-hybridized carbons (Fsp3) is 0.167. The van der Waals surface area contributed by atoms with E-state index in [9.17, 15) is 9.59 Å². The normalized spacial score (nSPS) is 10.5. The molecule has 1 amide bonds. The van der Waals surface area contributed by atoms with Gasteiger partial charge < -0.3 is 14.5 Å². The van der Waals surface area contributed by atoms with Crippen LogP contribution >= 0.6 is 0 Å². The van der Waals surface area contributed by atoms with Gasteiger partial charge in [-0.2, -0.15) is 5.10 Å². The number of methoxy groups -OCH3 is 1. The minimum absolute atomic E-state index is 0.220. The van der Waals surface area contributed by atoms with E-state index < -0.39 is 11.9 Å². The molecule has 1 N–H and O–H groups in total. The molecule has 2 heterocycles. The molecule has 2 aromatic heterocycles. The van der Waals surface area contributed by atoms with Gasteiger partial charge in [0.15, 0.2) is 5.76 Å². The Labute approximate surface area is 144 Å². The number of carbonyl (C=O) groups excluding carboxylic acids is 2. The monoisotopic (exact) mass is 339 g/mol. The highest BCUT2D eigenvalue weighted by atomic mass is 16.5. The number of para-hydroxylation sites is 1. The van der Waals surface area contributed by atoms with Crippen molar-refractivity contribution in [3.05, 3.63) is 60.0 Å². The molecule has 0 aliphatic heterocycles. The summed E-state index contributed by atoms with van der Waals surface area (Å²) < 4.78 is 11.7. The van der Waals surface area contributed by atoms with Gasteiger partial charge in [-0.3, -0.25) is 9.59 Å². The van der Waals surface area contributed by atoms with Crippen LogP contribution in [0.2, 0.25) is 0 Å². The first-order chi connectivity index (χ1) is 12.1. The summed E-state index contributed by atoms with van der Waals surface area (Å²) in [4.78, 5) is 23.8. The molecule has 3 aromatic rings. The van der Waals surface area contributed by atoms with Gasteiger partial charge in [0.2, 0.25) is 0 Å². The number of benzene rings is 1. The Bertz CT molecular complexity index is 896. The van der Waals surface area contributed by atoms with E-state index in [0.717, 1.165) is 5.69 Å². The maximum Gasteiger partial charge on any atom is 0.325 e. The third-order valence-corrected chi connectivity index (χ3v) is 3.57. The van der Waals surface area contributed by atoms with Gasteiger partial charge in [-0.05, 0) is 31.2 Å². The Morgan fingerprint density at radius 1 is 1.20 bits per heavy atom. The third kappa shape index (κ3) is 3.60. The second kappa shape index (κ2) is 7.04. The molecule has 3 rings (SSSR count). The summed E-state index contributed by atoms with van der Waals surface area (Å²) in [6.07, 6.45) is 1.61. The summed E-state index contributed by atoms with van der Waals surface area (Å²) >= 11 is 0. The van der Waals surface area contributed by atoms with Crippen molar-refractivity contribution in [3.63, 3.8) is 0 Å². The van der Waals surface area contributed by atoms with E-state index in [2.05, 4.69) is 15.2 Å². The lowest BCUT2D eigenvalue weighted by Gasteiger charge is -2.03. The Morgan fingerprint density at radius 3 is 2.60 bits per heavy atom. The van der Waals surface area contributed by atoms with Crippen LogP contribution in [0.3, 0.4) is 0 Å². The van der Waals surface area contributed by atoms with Crippen LogP contribution in [0.1, 0.15) is 16.1 Å². The van der Waals surface area contributed by atoms with Crippen LogP contribution in [0.25, 0.3) is 17.1 Å². The number of rotatable bonds is 5. The first-order valence-electron chi connectivity index (χ1n) is 7.65. The summed E-state index contributed by atoms with van der Waals surface area (Å²) in [5, 5.41) is 7.00. The molecule has 0 bridgehead atoms. The van der Waals surface area contributed by atoms with Crippen molar-refractivity contribution in [1.29, 1.82) is 0 Å². The standard InChI is InChI=1S/C18H17N3O4/c1-12-8-9-15(25-12)17-14(18(23)19-10-16(22)24-2)11-21(20-17)13-6-4-3-5-7-13/h3-9,11H,10H2,1-2H3,(H,19,23). The summed E-state index contributed by atoms with van der Waals surface area (Å²) in [7, 11) is 1.26. The second-order valence-electron chi connectivity index (χ2n) is 5.34. The average Bonchev–Trinajstić information content (AvgIpc) is 3.26. The highest BCUT2D eigenvalue weighted by Crippen LogP contribution is 2.25. The number of amides is 1. The number of nitrogens with one attached hydrogen (secondary N) is 1. The highest BCUT2D eigenvalue weighted by molar-refractivity contribution is 6.00. The molecule has 7 nitrogen and oxygen atoms in total. The van der Waals surface area contributed by atoms with Crippen molar-refractivity contribution in [3.8, 4) is 17.1 Å². The molecule has 0 fully saturated rings. The number of hydrogen-bond acceptors (Lipinski definition) is 5. The van der Waals surface area contributed by atoms with Gasteiger partial charge in [-0.1, -0.05) is 18.2 Å². The second-order valence-corrected chi connectivity index (χ2v) is 5.34. The SMILES string of the molecule is COC(=O)CNC(=O)c1cn(-c2ccccc2)nc1-c1ccc(C)o1. The predicted molar refractivity (Wildman–Crippen MR) is 90.4 cm³/mol. The third-order valence-electron chi connectivity index (χ3n) is 3.57. The number of hydrogen-bond donors (Lipinski definition) is 1. The lowest BCUT2D eigenvalue weighted by Crippen LogP contribution is -2.30. The zero-order valence-corrected chi connectivity index (χ0v) is 13.9. The summed E-state index contributed by atoms with van der Waals surface area (Å²) in [6.45, 7) is 1.59. The van der Waals surface area contributed by atoms with E-state index >= 15 is 0 Å². The van der Waals surface area contributed by atoms with E-state index in [0.29, 0.717) is 22.8 Å². The van der Waals surface area contributed by atoms with Crippen molar-refractivity contribution < 1.29 is 18.7 Å². The molecule has 1 aromatic carbocycles. The van der Waals surface area contributed by atoms with Crippen molar-refractivity contribution in [1.82, 2.24) is 15.1 Å². The van der Waals surface area contributed by atoms with Crippen LogP contribution in [0.4, 0.5) is 0 Å². The minimum Gasteiger partial charge on any atom is -0.468 e. The van der Waals surface area contributed by atoms with E-state index in [4.69, 9.17) is 4.42 Å². The van der Waals surface area contributed by atoms with Crippen LogP contribution < -0.4 is 5.32 Å². The number of carbonyl (C=O) groups is 2. The molecule has 0 saturated heterocycles. The average molecular weight is 339 g/mol. The van der Waals surface area contributed by atoms with Crippen molar-refractivity contribution in [2.75, 3.05) is 13.7 Å². The Balaban J connectivity index is 1.98. The molecule has 25 heavy (non-hydrogen) atoms. The van der Waals surface area contributed by atoms with E-state index in [1.807, 2.05) is 37.3 Å². The molecule has 7 heteroatoms. The Hall–Kier alpha value is -3.35. The highest BCUT2D eigenvalue weighted by Gasteiger charge is 2.21. The quantitative estimate of drug-likeness (QED) is 0.721. The fourth-order valence-electron chi connectivity index (χ4n) is 2.32.